The van der Waals surface area contributed by atoms with E-state index in [2.05, 4.69) is 20.2 Å². The Hall–Kier alpha value is -3.26. The van der Waals surface area contributed by atoms with E-state index in [1.807, 2.05) is 6.07 Å². The molecular formula is C24H17ClF2N6OS. The molecule has 3 aliphatic rings. The van der Waals surface area contributed by atoms with Gasteiger partial charge in [-0.1, -0.05) is 17.7 Å². The number of nitrogen functional groups attached to an aromatic ring is 1. The third-order valence-electron chi connectivity index (χ3n) is 7.33. The van der Waals surface area contributed by atoms with Crippen LogP contribution in [0.4, 0.5) is 19.6 Å². The Kier molecular flexibility index (Phi) is 4.43. The molecule has 3 aliphatic heterocycles. The molecular weight excluding hydrogens is 494 g/mol. The molecule has 11 heteroatoms. The summed E-state index contributed by atoms with van der Waals surface area (Å²) in [5.74, 6) is -0.338. The molecule has 7 nitrogen and oxygen atoms in total. The fourth-order valence-corrected chi connectivity index (χ4v) is 7.08. The van der Waals surface area contributed by atoms with Crippen LogP contribution in [0.3, 0.4) is 0 Å². The molecule has 4 aromatic rings. The smallest absolute Gasteiger partial charge is 0.159 e. The van der Waals surface area contributed by atoms with E-state index in [0.29, 0.717) is 23.9 Å². The minimum absolute atomic E-state index is 0.00219. The van der Waals surface area contributed by atoms with Gasteiger partial charge in [0, 0.05) is 29.6 Å². The molecule has 0 radical (unpaired) electrons. The van der Waals surface area contributed by atoms with E-state index in [9.17, 15) is 9.65 Å². The summed E-state index contributed by atoms with van der Waals surface area (Å²) >= 11 is 7.81. The Morgan fingerprint density at radius 1 is 1.26 bits per heavy atom. The third-order valence-corrected chi connectivity index (χ3v) is 8.72. The molecule has 2 aromatic carbocycles. The number of nitrogens with one attached hydrogen (secondary N) is 1. The molecule has 2 saturated heterocycles. The largest absolute Gasteiger partial charge is 0.489 e. The van der Waals surface area contributed by atoms with Crippen molar-refractivity contribution in [3.05, 3.63) is 40.7 Å². The van der Waals surface area contributed by atoms with Crippen LogP contribution in [0.25, 0.3) is 32.1 Å². The first-order chi connectivity index (χ1) is 17.0. The number of rotatable bonds is 1. The first-order valence-corrected chi connectivity index (χ1v) is 12.4. The van der Waals surface area contributed by atoms with Crippen molar-refractivity contribution in [2.75, 3.05) is 23.8 Å². The van der Waals surface area contributed by atoms with Crippen LogP contribution in [0.15, 0.2) is 18.5 Å². The van der Waals surface area contributed by atoms with E-state index < -0.39 is 11.6 Å². The van der Waals surface area contributed by atoms with Crippen LogP contribution in [-0.2, 0) is 0 Å². The van der Waals surface area contributed by atoms with Gasteiger partial charge < -0.3 is 20.7 Å². The van der Waals surface area contributed by atoms with Crippen molar-refractivity contribution >= 4 is 54.7 Å². The monoisotopic (exact) mass is 510 g/mol. The number of halogens is 3. The molecule has 2 aromatic heterocycles. The van der Waals surface area contributed by atoms with Crippen molar-refractivity contribution in [1.82, 2.24) is 15.3 Å². The number of anilines is 2. The van der Waals surface area contributed by atoms with E-state index in [1.165, 1.54) is 18.5 Å². The number of piperazine rings is 1. The number of benzene rings is 2. The summed E-state index contributed by atoms with van der Waals surface area (Å²) < 4.78 is 37.3. The highest BCUT2D eigenvalue weighted by molar-refractivity contribution is 7.23. The number of aromatic nitrogens is 2. The Balaban J connectivity index is 1.54. The first-order valence-electron chi connectivity index (χ1n) is 11.2. The second kappa shape index (κ2) is 7.37. The van der Waals surface area contributed by atoms with Gasteiger partial charge in [0.15, 0.2) is 11.6 Å². The van der Waals surface area contributed by atoms with E-state index in [0.717, 1.165) is 30.7 Å². The Labute approximate surface area is 207 Å². The number of nitrogens with two attached hydrogens (primary N) is 1. The molecule has 3 atom stereocenters. The maximum absolute atomic E-state index is 16.3. The molecule has 176 valence electrons. The maximum atomic E-state index is 16.3. The summed E-state index contributed by atoms with van der Waals surface area (Å²) in [7, 11) is 0. The third kappa shape index (κ3) is 2.77. The summed E-state index contributed by atoms with van der Waals surface area (Å²) in [4.78, 5) is 11.0. The van der Waals surface area contributed by atoms with Crippen molar-refractivity contribution in [2.24, 2.45) is 0 Å². The molecule has 2 fully saturated rings. The lowest BCUT2D eigenvalue weighted by Gasteiger charge is -2.40. The van der Waals surface area contributed by atoms with Crippen molar-refractivity contribution < 1.29 is 13.5 Å². The standard InChI is InChI=1S/C24H17ClF2N6OS/c25-18-16(10-2-3-12(26)22-15(10)11(5-28)23(29)35-22)19(27)20-17-21(18)34-7-14-13-4-1-9(32-13)6-33(14)24(17)31-8-30-20/h2-3,8-9,13-14,32H,1,4,6-7,29H2/t9-,13+,14-/m0/s1. The van der Waals surface area contributed by atoms with Crippen molar-refractivity contribution in [3.8, 4) is 22.9 Å². The van der Waals surface area contributed by atoms with Crippen LogP contribution in [0.1, 0.15) is 18.4 Å². The highest BCUT2D eigenvalue weighted by atomic mass is 35.5. The van der Waals surface area contributed by atoms with E-state index in [4.69, 9.17) is 22.1 Å². The SMILES string of the molecule is N#Cc1c(N)sc2c(F)ccc(-c3c(Cl)c4c5c(ncnc5c3F)N3C[C@@H]5CC[C@@H](N5)[C@@H]3CO4)c12. The molecule has 7 rings (SSSR count). The van der Waals surface area contributed by atoms with Crippen LogP contribution >= 0.6 is 22.9 Å². The minimum Gasteiger partial charge on any atom is -0.489 e. The van der Waals surface area contributed by atoms with E-state index in [1.54, 1.807) is 0 Å². The van der Waals surface area contributed by atoms with E-state index >= 15 is 4.39 Å². The van der Waals surface area contributed by atoms with Crippen LogP contribution in [0.5, 0.6) is 5.75 Å². The van der Waals surface area contributed by atoms with Crippen LogP contribution < -0.4 is 20.7 Å². The van der Waals surface area contributed by atoms with Crippen LogP contribution in [0, 0.1) is 23.0 Å². The van der Waals surface area contributed by atoms with Gasteiger partial charge in [0.1, 0.15) is 41.2 Å². The average Bonchev–Trinajstić information content (AvgIpc) is 3.35. The minimum atomic E-state index is -0.681. The summed E-state index contributed by atoms with van der Waals surface area (Å²) in [5.41, 5.74) is 6.41. The maximum Gasteiger partial charge on any atom is 0.159 e. The predicted molar refractivity (Wildman–Crippen MR) is 131 cm³/mol. The normalized spacial score (nSPS) is 22.7. The van der Waals surface area contributed by atoms with Crippen molar-refractivity contribution in [1.29, 1.82) is 5.26 Å². The first kappa shape index (κ1) is 21.1. The Bertz CT molecular complexity index is 1620. The molecule has 0 amide bonds. The Morgan fingerprint density at radius 3 is 2.94 bits per heavy atom. The van der Waals surface area contributed by atoms with Crippen LogP contribution in [-0.4, -0.2) is 41.2 Å². The van der Waals surface area contributed by atoms with Gasteiger partial charge >= 0.3 is 0 Å². The van der Waals surface area contributed by atoms with Crippen molar-refractivity contribution in [3.63, 3.8) is 0 Å². The van der Waals surface area contributed by atoms with Gasteiger partial charge in [0.05, 0.1) is 26.7 Å². The molecule has 0 spiro atoms. The summed E-state index contributed by atoms with van der Waals surface area (Å²) in [6, 6.07) is 5.25. The molecule has 2 bridgehead atoms. The second-order valence-corrected chi connectivity index (χ2v) is 10.5. The number of nitrogens with zero attached hydrogens (tertiary/aromatic N) is 4. The summed E-state index contributed by atoms with van der Waals surface area (Å²) in [6.45, 7) is 1.07. The quantitative estimate of drug-likeness (QED) is 0.386. The second-order valence-electron chi connectivity index (χ2n) is 9.08. The van der Waals surface area contributed by atoms with Gasteiger partial charge in [-0.15, -0.1) is 11.3 Å². The van der Waals surface area contributed by atoms with Gasteiger partial charge in [-0.3, -0.25) is 0 Å². The topological polar surface area (TPSA) is 100 Å². The average molecular weight is 511 g/mol. The van der Waals surface area contributed by atoms with Gasteiger partial charge in [0.25, 0.3) is 0 Å². The zero-order valence-corrected chi connectivity index (χ0v) is 19.7. The lowest BCUT2D eigenvalue weighted by atomic mass is 9.96. The number of nitriles is 1. The van der Waals surface area contributed by atoms with E-state index in [-0.39, 0.29) is 60.2 Å². The number of fused-ring (bicyclic) bond motifs is 6. The number of hydrogen-bond acceptors (Lipinski definition) is 8. The number of hydrogen-bond donors (Lipinski definition) is 2. The highest BCUT2D eigenvalue weighted by Gasteiger charge is 2.44. The molecule has 0 aliphatic carbocycles. The molecule has 0 saturated carbocycles. The van der Waals surface area contributed by atoms with Gasteiger partial charge in [0.2, 0.25) is 0 Å². The van der Waals surface area contributed by atoms with Gasteiger partial charge in [-0.25, -0.2) is 18.7 Å². The predicted octanol–water partition coefficient (Wildman–Crippen LogP) is 4.60. The van der Waals surface area contributed by atoms with Crippen LogP contribution in [0.2, 0.25) is 5.02 Å². The fraction of sp³-hybridized carbons (Fsp3) is 0.292. The molecule has 35 heavy (non-hydrogen) atoms. The fourth-order valence-electron chi connectivity index (χ4n) is 5.79. The van der Waals surface area contributed by atoms with Gasteiger partial charge in [-0.05, 0) is 24.5 Å². The number of ether oxygens (including phenoxy) is 1. The summed E-state index contributed by atoms with van der Waals surface area (Å²) in [6.07, 6.45) is 3.44. The molecule has 3 N–H and O–H groups in total. The lowest BCUT2D eigenvalue weighted by molar-refractivity contribution is 0.244. The number of thiophene rings is 1. The molecule has 0 unspecified atom stereocenters. The van der Waals surface area contributed by atoms with Gasteiger partial charge in [-0.2, -0.15) is 5.26 Å². The Morgan fingerprint density at radius 2 is 2.11 bits per heavy atom. The summed E-state index contributed by atoms with van der Waals surface area (Å²) in [5, 5.41) is 14.2. The lowest BCUT2D eigenvalue weighted by Crippen LogP contribution is -2.60. The zero-order chi connectivity index (χ0) is 24.0. The zero-order valence-electron chi connectivity index (χ0n) is 18.1. The van der Waals surface area contributed by atoms with Crippen molar-refractivity contribution in [2.45, 2.75) is 31.0 Å². The molecule has 5 heterocycles. The highest BCUT2D eigenvalue weighted by Crippen LogP contribution is 2.51.